The Hall–Kier alpha value is -0.180. The van der Waals surface area contributed by atoms with Crippen LogP contribution in [0.3, 0.4) is 0 Å². The summed E-state index contributed by atoms with van der Waals surface area (Å²) in [7, 11) is -1.11. The summed E-state index contributed by atoms with van der Waals surface area (Å²) >= 11 is 0. The summed E-state index contributed by atoms with van der Waals surface area (Å²) in [5, 5.41) is 0. The molecule has 2 nitrogen and oxygen atoms in total. The van der Waals surface area contributed by atoms with Crippen LogP contribution < -0.4 is 0 Å². The molecule has 0 spiro atoms. The van der Waals surface area contributed by atoms with Crippen LogP contribution in [0.2, 0.25) is 0 Å². The van der Waals surface area contributed by atoms with Crippen LogP contribution in [0.25, 0.3) is 0 Å². The normalized spacial score (nSPS) is 16.8. The second-order valence-electron chi connectivity index (χ2n) is 4.96. The molecule has 0 aliphatic rings. The molecule has 0 saturated heterocycles. The van der Waals surface area contributed by atoms with Gasteiger partial charge < -0.3 is 0 Å². The second kappa shape index (κ2) is 3.69. The molecule has 0 aliphatic heterocycles. The highest BCUT2D eigenvalue weighted by atomic mass is 32.2. The zero-order valence-corrected chi connectivity index (χ0v) is 9.66. The Morgan fingerprint density at radius 2 is 1.50 bits per heavy atom. The first-order valence-corrected chi connectivity index (χ1v) is 5.21. The lowest BCUT2D eigenvalue weighted by Gasteiger charge is -2.15. The maximum Gasteiger partial charge on any atom is 0.144 e. The molecule has 72 valence electrons. The van der Waals surface area contributed by atoms with E-state index in [0.717, 1.165) is 0 Å². The van der Waals surface area contributed by atoms with Gasteiger partial charge in [-0.15, -0.1) is 0 Å². The minimum atomic E-state index is -1.11. The van der Waals surface area contributed by atoms with E-state index in [0.29, 0.717) is 0 Å². The van der Waals surface area contributed by atoms with Crippen molar-refractivity contribution in [2.45, 2.75) is 46.3 Å². The molecule has 3 heteroatoms. The lowest BCUT2D eigenvalue weighted by Crippen LogP contribution is -2.20. The SMILES string of the molecule is CC(C)(C)C=NS(=O)C(C)(C)C. The molecule has 0 aliphatic carbocycles. The third-order valence-corrected chi connectivity index (χ3v) is 2.40. The second-order valence-corrected chi connectivity index (χ2v) is 6.90. The van der Waals surface area contributed by atoms with Crippen LogP contribution in [0, 0.1) is 5.41 Å². The average molecular weight is 189 g/mol. The van der Waals surface area contributed by atoms with Crippen molar-refractivity contribution < 1.29 is 4.21 Å². The van der Waals surface area contributed by atoms with Gasteiger partial charge in [-0.25, -0.2) is 4.21 Å². The van der Waals surface area contributed by atoms with E-state index in [9.17, 15) is 4.21 Å². The highest BCUT2D eigenvalue weighted by Gasteiger charge is 2.19. The Labute approximate surface area is 78.1 Å². The van der Waals surface area contributed by atoms with E-state index < -0.39 is 11.0 Å². The van der Waals surface area contributed by atoms with Gasteiger partial charge in [0.05, 0.1) is 4.75 Å². The largest absolute Gasteiger partial charge is 0.234 e. The predicted molar refractivity (Wildman–Crippen MR) is 55.8 cm³/mol. The van der Waals surface area contributed by atoms with Crippen molar-refractivity contribution in [2.24, 2.45) is 9.81 Å². The summed E-state index contributed by atoms with van der Waals surface area (Å²) in [4.78, 5) is 0. The number of hydrogen-bond donors (Lipinski definition) is 0. The van der Waals surface area contributed by atoms with Crippen LogP contribution in [0.5, 0.6) is 0 Å². The molecule has 0 heterocycles. The van der Waals surface area contributed by atoms with Crippen molar-refractivity contribution in [3.05, 3.63) is 0 Å². The van der Waals surface area contributed by atoms with Gasteiger partial charge in [0, 0.05) is 6.21 Å². The van der Waals surface area contributed by atoms with E-state index >= 15 is 0 Å². The lowest BCUT2D eigenvalue weighted by atomic mass is 10.00. The van der Waals surface area contributed by atoms with Crippen molar-refractivity contribution in [3.8, 4) is 0 Å². The van der Waals surface area contributed by atoms with Gasteiger partial charge in [-0.3, -0.25) is 0 Å². The third kappa shape index (κ3) is 5.47. The molecule has 0 aromatic carbocycles. The van der Waals surface area contributed by atoms with Gasteiger partial charge in [-0.2, -0.15) is 4.40 Å². The first-order chi connectivity index (χ1) is 5.13. The lowest BCUT2D eigenvalue weighted by molar-refractivity contribution is 0.606. The van der Waals surface area contributed by atoms with Crippen LogP contribution in [-0.4, -0.2) is 15.2 Å². The molecule has 0 aromatic heterocycles. The van der Waals surface area contributed by atoms with Gasteiger partial charge in [0.25, 0.3) is 0 Å². The molecule has 0 rings (SSSR count). The Morgan fingerprint density at radius 3 is 1.75 bits per heavy atom. The van der Waals surface area contributed by atoms with Gasteiger partial charge >= 0.3 is 0 Å². The van der Waals surface area contributed by atoms with Crippen LogP contribution in [0.4, 0.5) is 0 Å². The van der Waals surface area contributed by atoms with Crippen LogP contribution >= 0.6 is 0 Å². The monoisotopic (exact) mass is 189 g/mol. The van der Waals surface area contributed by atoms with E-state index in [1.807, 2.05) is 41.5 Å². The third-order valence-electron chi connectivity index (χ3n) is 1.06. The fraction of sp³-hybridized carbons (Fsp3) is 0.889. The van der Waals surface area contributed by atoms with Crippen LogP contribution in [0.15, 0.2) is 4.40 Å². The van der Waals surface area contributed by atoms with Gasteiger partial charge in [0.15, 0.2) is 0 Å². The van der Waals surface area contributed by atoms with E-state index in [1.165, 1.54) is 0 Å². The maximum atomic E-state index is 11.4. The first-order valence-electron chi connectivity index (χ1n) is 4.10. The van der Waals surface area contributed by atoms with E-state index in [2.05, 4.69) is 4.40 Å². The molecule has 0 N–H and O–H groups in total. The molecule has 1 atom stereocenters. The Balaban J connectivity index is 4.30. The van der Waals surface area contributed by atoms with E-state index in [4.69, 9.17) is 0 Å². The molecule has 0 amide bonds. The van der Waals surface area contributed by atoms with Crippen LogP contribution in [0.1, 0.15) is 41.5 Å². The Morgan fingerprint density at radius 1 is 1.08 bits per heavy atom. The standard InChI is InChI=1S/C9H19NOS/c1-8(2,3)7-10-12(11)9(4,5)6/h7H,1-6H3. The molecular formula is C9H19NOS. The molecule has 0 bridgehead atoms. The molecule has 0 aromatic rings. The Kier molecular flexibility index (Phi) is 3.63. The molecule has 0 radical (unpaired) electrons. The van der Waals surface area contributed by atoms with Gasteiger partial charge in [-0.1, -0.05) is 20.8 Å². The summed E-state index contributed by atoms with van der Waals surface area (Å²) < 4.78 is 15.2. The van der Waals surface area contributed by atoms with Crippen LogP contribution in [-0.2, 0) is 11.0 Å². The van der Waals surface area contributed by atoms with Gasteiger partial charge in [0.2, 0.25) is 0 Å². The summed E-state index contributed by atoms with van der Waals surface area (Å²) in [5.41, 5.74) is 0.0148. The fourth-order valence-corrected chi connectivity index (χ4v) is 1.09. The topological polar surface area (TPSA) is 29.4 Å². The number of hydrogen-bond acceptors (Lipinski definition) is 1. The Bertz CT molecular complexity index is 196. The molecule has 1 unspecified atom stereocenters. The van der Waals surface area contributed by atoms with Crippen molar-refractivity contribution in [3.63, 3.8) is 0 Å². The molecular weight excluding hydrogens is 170 g/mol. The molecule has 0 saturated carbocycles. The summed E-state index contributed by atoms with van der Waals surface area (Å²) in [5.74, 6) is 0. The zero-order chi connectivity index (χ0) is 9.99. The van der Waals surface area contributed by atoms with Crippen molar-refractivity contribution in [2.75, 3.05) is 0 Å². The number of nitrogens with zero attached hydrogens (tertiary/aromatic N) is 1. The first kappa shape index (κ1) is 11.8. The summed E-state index contributed by atoms with van der Waals surface area (Å²) in [6.07, 6.45) is 1.76. The number of rotatable bonds is 1. The highest BCUT2D eigenvalue weighted by Crippen LogP contribution is 2.14. The highest BCUT2D eigenvalue weighted by molar-refractivity contribution is 7.85. The van der Waals surface area contributed by atoms with Gasteiger partial charge in [0.1, 0.15) is 11.0 Å². The predicted octanol–water partition coefficient (Wildman–Crippen LogP) is 2.57. The zero-order valence-electron chi connectivity index (χ0n) is 8.84. The minimum absolute atomic E-state index is 0.0148. The quantitative estimate of drug-likeness (QED) is 0.583. The van der Waals surface area contributed by atoms with Crippen molar-refractivity contribution in [1.82, 2.24) is 0 Å². The molecule has 12 heavy (non-hydrogen) atoms. The minimum Gasteiger partial charge on any atom is -0.234 e. The summed E-state index contributed by atoms with van der Waals surface area (Å²) in [6, 6.07) is 0. The van der Waals surface area contributed by atoms with Crippen molar-refractivity contribution in [1.29, 1.82) is 0 Å². The fourth-order valence-electron chi connectivity index (χ4n) is 0.364. The van der Waals surface area contributed by atoms with E-state index in [-0.39, 0.29) is 10.2 Å². The average Bonchev–Trinajstić information content (AvgIpc) is 1.78. The van der Waals surface area contributed by atoms with E-state index in [1.54, 1.807) is 6.21 Å². The summed E-state index contributed by atoms with van der Waals surface area (Å²) in [6.45, 7) is 11.9. The molecule has 0 fully saturated rings. The smallest absolute Gasteiger partial charge is 0.144 e. The van der Waals surface area contributed by atoms with Gasteiger partial charge in [-0.05, 0) is 26.2 Å². The van der Waals surface area contributed by atoms with Crippen molar-refractivity contribution >= 4 is 17.2 Å². The maximum absolute atomic E-state index is 11.4.